The van der Waals surface area contributed by atoms with Crippen molar-refractivity contribution < 1.29 is 4.79 Å². The monoisotopic (exact) mass is 295 g/mol. The molecule has 3 rings (SSSR count). The van der Waals surface area contributed by atoms with Gasteiger partial charge in [-0.3, -0.25) is 20.0 Å². The molecule has 6 nitrogen and oxygen atoms in total. The molecule has 1 aromatic heterocycles. The number of carbonyl (C=O) groups is 1. The second-order valence-electron chi connectivity index (χ2n) is 5.69. The van der Waals surface area contributed by atoms with Crippen LogP contribution in [0.5, 0.6) is 0 Å². The summed E-state index contributed by atoms with van der Waals surface area (Å²) in [6, 6.07) is 1.24. The Hall–Kier alpha value is -1.02. The molecule has 7 heteroatoms. The highest BCUT2D eigenvalue weighted by Gasteiger charge is 2.34. The second-order valence-corrected chi connectivity index (χ2v) is 6.55. The van der Waals surface area contributed by atoms with E-state index in [-0.39, 0.29) is 5.91 Å². The maximum Gasteiger partial charge on any atom is 0.294 e. The number of thiazole rings is 1. The Morgan fingerprint density at radius 3 is 3.25 bits per heavy atom. The van der Waals surface area contributed by atoms with Gasteiger partial charge >= 0.3 is 0 Å². The zero-order valence-corrected chi connectivity index (χ0v) is 12.5. The highest BCUT2D eigenvalue weighted by atomic mass is 32.1. The highest BCUT2D eigenvalue weighted by molar-refractivity contribution is 7.11. The number of carbonyl (C=O) groups excluding carboxylic acids is 1. The van der Waals surface area contributed by atoms with Gasteiger partial charge in [0.15, 0.2) is 5.01 Å². The van der Waals surface area contributed by atoms with Gasteiger partial charge in [0, 0.05) is 37.1 Å². The number of nitrogens with zero attached hydrogens (tertiary/aromatic N) is 3. The van der Waals surface area contributed by atoms with Crippen LogP contribution in [0.3, 0.4) is 0 Å². The zero-order valence-electron chi connectivity index (χ0n) is 11.7. The number of rotatable bonds is 3. The Balaban J connectivity index is 1.65. The summed E-state index contributed by atoms with van der Waals surface area (Å²) in [6.07, 6.45) is 2.63. The van der Waals surface area contributed by atoms with E-state index in [1.54, 1.807) is 0 Å². The van der Waals surface area contributed by atoms with Crippen LogP contribution in [0.25, 0.3) is 0 Å². The van der Waals surface area contributed by atoms with E-state index < -0.39 is 0 Å². The van der Waals surface area contributed by atoms with Crippen LogP contribution < -0.4 is 11.3 Å². The number of aromatic nitrogens is 1. The Bertz CT molecular complexity index is 491. The predicted molar refractivity (Wildman–Crippen MR) is 78.2 cm³/mol. The van der Waals surface area contributed by atoms with E-state index in [0.717, 1.165) is 25.3 Å². The molecular weight excluding hydrogens is 274 g/mol. The second kappa shape index (κ2) is 5.77. The smallest absolute Gasteiger partial charge is 0.294 e. The van der Waals surface area contributed by atoms with Crippen molar-refractivity contribution in [2.45, 2.75) is 38.4 Å². The molecular formula is C13H21N5OS. The summed E-state index contributed by atoms with van der Waals surface area (Å²) in [5.41, 5.74) is 3.09. The molecule has 1 aromatic rings. The molecule has 0 radical (unpaired) electrons. The van der Waals surface area contributed by atoms with Gasteiger partial charge in [-0.15, -0.1) is 11.3 Å². The van der Waals surface area contributed by atoms with Crippen LogP contribution in [0.2, 0.25) is 0 Å². The van der Waals surface area contributed by atoms with E-state index in [2.05, 4.69) is 27.1 Å². The summed E-state index contributed by atoms with van der Waals surface area (Å²) in [7, 11) is 0. The number of hydrogen-bond acceptors (Lipinski definition) is 6. The number of fused-ring (bicyclic) bond motifs is 1. The number of hydrazine groups is 1. The van der Waals surface area contributed by atoms with Gasteiger partial charge in [-0.05, 0) is 26.3 Å². The molecule has 1 amide bonds. The van der Waals surface area contributed by atoms with Gasteiger partial charge in [0.25, 0.3) is 5.91 Å². The number of amides is 1. The van der Waals surface area contributed by atoms with Crippen LogP contribution in [-0.2, 0) is 6.54 Å². The maximum atomic E-state index is 11.4. The van der Waals surface area contributed by atoms with Crippen LogP contribution in [0.1, 0.15) is 35.3 Å². The lowest BCUT2D eigenvalue weighted by Crippen LogP contribution is -2.54. The van der Waals surface area contributed by atoms with E-state index in [1.165, 1.54) is 30.7 Å². The van der Waals surface area contributed by atoms with Crippen molar-refractivity contribution in [3.05, 3.63) is 16.1 Å². The molecule has 2 aliphatic rings. The van der Waals surface area contributed by atoms with E-state index >= 15 is 0 Å². The first-order valence-electron chi connectivity index (χ1n) is 7.11. The van der Waals surface area contributed by atoms with E-state index in [1.807, 2.05) is 5.38 Å². The molecule has 0 spiro atoms. The molecule has 0 aromatic carbocycles. The minimum Gasteiger partial charge on any atom is -0.298 e. The number of nitrogens with two attached hydrogens (primary N) is 1. The number of hydrogen-bond donors (Lipinski definition) is 2. The molecule has 110 valence electrons. The van der Waals surface area contributed by atoms with Crippen molar-refractivity contribution in [3.8, 4) is 0 Å². The van der Waals surface area contributed by atoms with E-state index in [9.17, 15) is 4.79 Å². The molecule has 2 aliphatic heterocycles. The average molecular weight is 295 g/mol. The molecule has 20 heavy (non-hydrogen) atoms. The number of nitrogens with one attached hydrogen (secondary N) is 1. The number of nitrogen functional groups attached to an aromatic ring is 1. The summed E-state index contributed by atoms with van der Waals surface area (Å²) in [5, 5.41) is 2.40. The molecule has 2 atom stereocenters. The Morgan fingerprint density at radius 2 is 2.45 bits per heavy atom. The first-order valence-corrected chi connectivity index (χ1v) is 7.99. The zero-order chi connectivity index (χ0) is 14.1. The topological polar surface area (TPSA) is 74.5 Å². The Morgan fingerprint density at radius 1 is 1.60 bits per heavy atom. The van der Waals surface area contributed by atoms with Crippen molar-refractivity contribution in [1.82, 2.24) is 20.2 Å². The molecule has 3 N–H and O–H groups in total. The van der Waals surface area contributed by atoms with E-state index in [0.29, 0.717) is 17.1 Å². The van der Waals surface area contributed by atoms with Crippen LogP contribution in [0, 0.1) is 0 Å². The van der Waals surface area contributed by atoms with Crippen LogP contribution in [-0.4, -0.2) is 52.4 Å². The molecule has 3 heterocycles. The lowest BCUT2D eigenvalue weighted by Gasteiger charge is -2.42. The molecule has 0 aliphatic carbocycles. The fourth-order valence-corrected chi connectivity index (χ4v) is 3.93. The minimum atomic E-state index is -0.310. The van der Waals surface area contributed by atoms with Crippen LogP contribution in [0.15, 0.2) is 5.38 Å². The van der Waals surface area contributed by atoms with Gasteiger partial charge < -0.3 is 0 Å². The Labute approximate surface area is 122 Å². The lowest BCUT2D eigenvalue weighted by molar-refractivity contribution is 0.0532. The summed E-state index contributed by atoms with van der Waals surface area (Å²) in [6.45, 7) is 6.59. The Kier molecular flexibility index (Phi) is 4.02. The van der Waals surface area contributed by atoms with E-state index in [4.69, 9.17) is 5.84 Å². The fraction of sp³-hybridized carbons (Fsp3) is 0.692. The third-order valence-electron chi connectivity index (χ3n) is 4.31. The minimum absolute atomic E-state index is 0.310. The third kappa shape index (κ3) is 2.71. The van der Waals surface area contributed by atoms with Gasteiger partial charge in [0.1, 0.15) is 0 Å². The predicted octanol–water partition coefficient (Wildman–Crippen LogP) is 0.415. The largest absolute Gasteiger partial charge is 0.298 e. The van der Waals surface area contributed by atoms with Crippen molar-refractivity contribution in [3.63, 3.8) is 0 Å². The molecule has 2 unspecified atom stereocenters. The van der Waals surface area contributed by atoms with Gasteiger partial charge in [-0.25, -0.2) is 10.8 Å². The van der Waals surface area contributed by atoms with Crippen molar-refractivity contribution in [2.75, 3.05) is 19.6 Å². The lowest BCUT2D eigenvalue weighted by atomic mass is 10.1. The number of piperazine rings is 1. The average Bonchev–Trinajstić information content (AvgIpc) is 3.07. The summed E-state index contributed by atoms with van der Waals surface area (Å²) >= 11 is 1.35. The van der Waals surface area contributed by atoms with Crippen molar-refractivity contribution >= 4 is 17.2 Å². The SMILES string of the molecule is CC1CN2CCCC2CN1Cc1csc(C(=O)NN)n1. The van der Waals surface area contributed by atoms with Gasteiger partial charge in [0.2, 0.25) is 0 Å². The van der Waals surface area contributed by atoms with Crippen molar-refractivity contribution in [2.24, 2.45) is 5.84 Å². The van der Waals surface area contributed by atoms with Crippen LogP contribution in [0.4, 0.5) is 0 Å². The summed E-state index contributed by atoms with van der Waals surface area (Å²) in [4.78, 5) is 20.9. The standard InChI is InChI=1S/C13H21N5OS/c1-9-5-17-4-2-3-11(17)7-18(9)6-10-8-20-13(15-10)12(19)16-14/h8-9,11H,2-7,14H2,1H3,(H,16,19). The fourth-order valence-electron chi connectivity index (χ4n) is 3.22. The molecule has 2 saturated heterocycles. The van der Waals surface area contributed by atoms with Crippen molar-refractivity contribution in [1.29, 1.82) is 0 Å². The van der Waals surface area contributed by atoms with Gasteiger partial charge in [-0.1, -0.05) is 0 Å². The van der Waals surface area contributed by atoms with Gasteiger partial charge in [-0.2, -0.15) is 0 Å². The highest BCUT2D eigenvalue weighted by Crippen LogP contribution is 2.25. The summed E-state index contributed by atoms with van der Waals surface area (Å²) in [5.74, 6) is 4.82. The third-order valence-corrected chi connectivity index (χ3v) is 5.20. The quantitative estimate of drug-likeness (QED) is 0.480. The van der Waals surface area contributed by atoms with Crippen LogP contribution >= 0.6 is 11.3 Å². The summed E-state index contributed by atoms with van der Waals surface area (Å²) < 4.78 is 0. The molecule has 0 saturated carbocycles. The first-order chi connectivity index (χ1) is 9.67. The first kappa shape index (κ1) is 13.9. The molecule has 0 bridgehead atoms. The maximum absolute atomic E-state index is 11.4. The normalized spacial score (nSPS) is 27.5. The van der Waals surface area contributed by atoms with Gasteiger partial charge in [0.05, 0.1) is 5.69 Å². The molecule has 2 fully saturated rings.